The molecule has 0 heterocycles. The molecule has 0 aliphatic heterocycles. The molecule has 0 saturated heterocycles. The van der Waals surface area contributed by atoms with Gasteiger partial charge in [-0.2, -0.15) is 5.26 Å². The second-order valence-corrected chi connectivity index (χ2v) is 5.72. The van der Waals surface area contributed by atoms with E-state index in [2.05, 4.69) is 4.72 Å². The largest absolute Gasteiger partial charge is 0.330 e. The van der Waals surface area contributed by atoms with Crippen molar-refractivity contribution in [3.05, 3.63) is 29.3 Å². The summed E-state index contributed by atoms with van der Waals surface area (Å²) in [6.07, 6.45) is 1.50. The highest BCUT2D eigenvalue weighted by atomic mass is 32.2. The van der Waals surface area contributed by atoms with E-state index in [9.17, 15) is 8.42 Å². The highest BCUT2D eigenvalue weighted by Crippen LogP contribution is 2.16. The van der Waals surface area contributed by atoms with E-state index in [-0.39, 0.29) is 4.90 Å². The number of nitrogens with one attached hydrogen (secondary N) is 1. The molecule has 0 radical (unpaired) electrons. The van der Waals surface area contributed by atoms with Gasteiger partial charge in [0.2, 0.25) is 10.0 Å². The Kier molecular flexibility index (Phi) is 5.28. The summed E-state index contributed by atoms with van der Waals surface area (Å²) in [5, 5.41) is 8.73. The van der Waals surface area contributed by atoms with E-state index in [4.69, 9.17) is 11.0 Å². The van der Waals surface area contributed by atoms with Gasteiger partial charge < -0.3 is 5.73 Å². The second kappa shape index (κ2) is 6.50. The molecule has 0 fully saturated rings. The van der Waals surface area contributed by atoms with E-state index in [1.54, 1.807) is 13.0 Å². The molecule has 0 bridgehead atoms. The average molecular weight is 267 g/mol. The Morgan fingerprint density at radius 2 is 2.11 bits per heavy atom. The lowest BCUT2D eigenvalue weighted by Gasteiger charge is -2.09. The SMILES string of the molecule is Cc1cc(C#N)ccc1S(=O)(=O)NCCCCN. The van der Waals surface area contributed by atoms with Gasteiger partial charge in [0.05, 0.1) is 16.5 Å². The molecule has 6 heteroatoms. The number of nitriles is 1. The van der Waals surface area contributed by atoms with E-state index in [0.29, 0.717) is 30.6 Å². The molecule has 3 N–H and O–H groups in total. The van der Waals surface area contributed by atoms with Crippen molar-refractivity contribution in [2.45, 2.75) is 24.7 Å². The molecule has 0 spiro atoms. The van der Waals surface area contributed by atoms with Crippen molar-refractivity contribution in [2.75, 3.05) is 13.1 Å². The molecular formula is C12H17N3O2S. The van der Waals surface area contributed by atoms with E-state index < -0.39 is 10.0 Å². The van der Waals surface area contributed by atoms with Crippen LogP contribution in [0.4, 0.5) is 0 Å². The third kappa shape index (κ3) is 3.81. The lowest BCUT2D eigenvalue weighted by Crippen LogP contribution is -2.25. The molecule has 0 aliphatic rings. The summed E-state index contributed by atoms with van der Waals surface area (Å²) >= 11 is 0. The Morgan fingerprint density at radius 1 is 1.39 bits per heavy atom. The predicted octanol–water partition coefficient (Wildman–Crippen LogP) is 0.884. The summed E-state index contributed by atoms with van der Waals surface area (Å²) in [6.45, 7) is 2.60. The molecule has 0 saturated carbocycles. The lowest BCUT2D eigenvalue weighted by molar-refractivity contribution is 0.576. The quantitative estimate of drug-likeness (QED) is 0.748. The molecule has 98 valence electrons. The number of benzene rings is 1. The van der Waals surface area contributed by atoms with Gasteiger partial charge in [-0.05, 0) is 50.1 Å². The van der Waals surface area contributed by atoms with Crippen LogP contribution in [0.25, 0.3) is 0 Å². The Balaban J connectivity index is 2.82. The summed E-state index contributed by atoms with van der Waals surface area (Å²) in [4.78, 5) is 0.217. The molecule has 0 aromatic heterocycles. The molecule has 18 heavy (non-hydrogen) atoms. The lowest BCUT2D eigenvalue weighted by atomic mass is 10.2. The standard InChI is InChI=1S/C12H17N3O2S/c1-10-8-11(9-14)4-5-12(10)18(16,17)15-7-3-2-6-13/h4-5,8,15H,2-3,6-7,13H2,1H3. The van der Waals surface area contributed by atoms with Gasteiger partial charge in [0.25, 0.3) is 0 Å². The normalized spacial score (nSPS) is 11.2. The van der Waals surface area contributed by atoms with Crippen molar-refractivity contribution in [2.24, 2.45) is 5.73 Å². The topological polar surface area (TPSA) is 96.0 Å². The Hall–Kier alpha value is -1.42. The first kappa shape index (κ1) is 14.6. The minimum absolute atomic E-state index is 0.217. The first-order chi connectivity index (χ1) is 8.51. The molecule has 0 atom stereocenters. The maximum Gasteiger partial charge on any atom is 0.240 e. The van der Waals surface area contributed by atoms with Crippen LogP contribution in [-0.2, 0) is 10.0 Å². The fourth-order valence-corrected chi connectivity index (χ4v) is 2.87. The van der Waals surface area contributed by atoms with Gasteiger partial charge in [-0.25, -0.2) is 13.1 Å². The van der Waals surface area contributed by atoms with Crippen LogP contribution in [0, 0.1) is 18.3 Å². The minimum Gasteiger partial charge on any atom is -0.330 e. The summed E-state index contributed by atoms with van der Waals surface area (Å²) in [5.74, 6) is 0. The van der Waals surface area contributed by atoms with Crippen LogP contribution in [0.15, 0.2) is 23.1 Å². The highest BCUT2D eigenvalue weighted by molar-refractivity contribution is 7.89. The number of rotatable bonds is 6. The molecule has 1 rings (SSSR count). The number of nitrogens with zero attached hydrogens (tertiary/aromatic N) is 1. The van der Waals surface area contributed by atoms with Crippen molar-refractivity contribution in [1.82, 2.24) is 4.72 Å². The van der Waals surface area contributed by atoms with E-state index in [1.165, 1.54) is 12.1 Å². The Labute approximate surface area is 108 Å². The van der Waals surface area contributed by atoms with Gasteiger partial charge in [-0.15, -0.1) is 0 Å². The summed E-state index contributed by atoms with van der Waals surface area (Å²) < 4.78 is 26.5. The van der Waals surface area contributed by atoms with Gasteiger partial charge in [-0.1, -0.05) is 0 Å². The summed E-state index contributed by atoms with van der Waals surface area (Å²) in [6, 6.07) is 6.50. The fraction of sp³-hybridized carbons (Fsp3) is 0.417. The van der Waals surface area contributed by atoms with Crippen molar-refractivity contribution in [1.29, 1.82) is 5.26 Å². The van der Waals surface area contributed by atoms with Crippen LogP contribution >= 0.6 is 0 Å². The van der Waals surface area contributed by atoms with E-state index >= 15 is 0 Å². The Bertz CT molecular complexity index is 547. The number of sulfonamides is 1. The molecule has 0 amide bonds. The number of aryl methyl sites for hydroxylation is 1. The number of hydrogen-bond acceptors (Lipinski definition) is 4. The molecule has 1 aromatic rings. The summed E-state index contributed by atoms with van der Waals surface area (Å²) in [7, 11) is -3.50. The van der Waals surface area contributed by atoms with Crippen LogP contribution in [-0.4, -0.2) is 21.5 Å². The van der Waals surface area contributed by atoms with Crippen LogP contribution in [0.1, 0.15) is 24.0 Å². The monoisotopic (exact) mass is 267 g/mol. The number of unbranched alkanes of at least 4 members (excludes halogenated alkanes) is 1. The third-order valence-corrected chi connectivity index (χ3v) is 4.14. The predicted molar refractivity (Wildman–Crippen MR) is 69.4 cm³/mol. The maximum atomic E-state index is 12.0. The average Bonchev–Trinajstić information content (AvgIpc) is 2.34. The van der Waals surface area contributed by atoms with Gasteiger partial charge in [-0.3, -0.25) is 0 Å². The van der Waals surface area contributed by atoms with Crippen LogP contribution in [0.3, 0.4) is 0 Å². The molecule has 5 nitrogen and oxygen atoms in total. The Morgan fingerprint density at radius 3 is 2.67 bits per heavy atom. The molecule has 1 aromatic carbocycles. The minimum atomic E-state index is -3.50. The number of nitrogens with two attached hydrogens (primary N) is 1. The highest BCUT2D eigenvalue weighted by Gasteiger charge is 2.16. The number of hydrogen-bond donors (Lipinski definition) is 2. The van der Waals surface area contributed by atoms with Crippen molar-refractivity contribution in [3.63, 3.8) is 0 Å². The molecular weight excluding hydrogens is 250 g/mol. The van der Waals surface area contributed by atoms with Gasteiger partial charge in [0.1, 0.15) is 0 Å². The maximum absolute atomic E-state index is 12.0. The van der Waals surface area contributed by atoms with Gasteiger partial charge in [0.15, 0.2) is 0 Å². The second-order valence-electron chi connectivity index (χ2n) is 3.99. The zero-order valence-corrected chi connectivity index (χ0v) is 11.1. The van der Waals surface area contributed by atoms with Crippen molar-refractivity contribution >= 4 is 10.0 Å². The van der Waals surface area contributed by atoms with Crippen LogP contribution in [0.5, 0.6) is 0 Å². The van der Waals surface area contributed by atoms with E-state index in [0.717, 1.165) is 6.42 Å². The molecule has 0 unspecified atom stereocenters. The first-order valence-electron chi connectivity index (χ1n) is 5.72. The van der Waals surface area contributed by atoms with Crippen molar-refractivity contribution < 1.29 is 8.42 Å². The van der Waals surface area contributed by atoms with Crippen LogP contribution in [0.2, 0.25) is 0 Å². The fourth-order valence-electron chi connectivity index (χ4n) is 1.57. The first-order valence-corrected chi connectivity index (χ1v) is 7.20. The van der Waals surface area contributed by atoms with Gasteiger partial charge in [0, 0.05) is 6.54 Å². The zero-order valence-electron chi connectivity index (χ0n) is 10.3. The summed E-state index contributed by atoms with van der Waals surface area (Å²) in [5.41, 5.74) is 6.36. The van der Waals surface area contributed by atoms with Crippen LogP contribution < -0.4 is 10.5 Å². The van der Waals surface area contributed by atoms with E-state index in [1.807, 2.05) is 6.07 Å². The third-order valence-electron chi connectivity index (χ3n) is 2.52. The molecule has 0 aliphatic carbocycles. The van der Waals surface area contributed by atoms with Gasteiger partial charge >= 0.3 is 0 Å². The van der Waals surface area contributed by atoms with Crippen molar-refractivity contribution in [3.8, 4) is 6.07 Å². The zero-order chi connectivity index (χ0) is 13.6. The smallest absolute Gasteiger partial charge is 0.240 e.